The van der Waals surface area contributed by atoms with E-state index in [4.69, 9.17) is 4.98 Å². The minimum absolute atomic E-state index is 0.00480. The van der Waals surface area contributed by atoms with Crippen molar-refractivity contribution in [3.8, 4) is 0 Å². The molecule has 1 aliphatic carbocycles. The predicted molar refractivity (Wildman–Crippen MR) is 100 cm³/mol. The van der Waals surface area contributed by atoms with Crippen LogP contribution in [0.15, 0.2) is 12.3 Å². The number of carbonyl (C=O) groups is 1. The molecule has 0 radical (unpaired) electrons. The van der Waals surface area contributed by atoms with Crippen LogP contribution in [0, 0.1) is 0 Å². The van der Waals surface area contributed by atoms with Crippen molar-refractivity contribution in [3.05, 3.63) is 18.0 Å². The summed E-state index contributed by atoms with van der Waals surface area (Å²) in [4.78, 5) is 21.8. The number of hydrogen-bond donors (Lipinski definition) is 3. The van der Waals surface area contributed by atoms with Gasteiger partial charge in [0.05, 0.1) is 5.54 Å². The summed E-state index contributed by atoms with van der Waals surface area (Å²) in [5, 5.41) is 10.9. The van der Waals surface area contributed by atoms with E-state index in [0.29, 0.717) is 18.5 Å². The van der Waals surface area contributed by atoms with Crippen LogP contribution in [-0.2, 0) is 5.54 Å². The summed E-state index contributed by atoms with van der Waals surface area (Å²) < 4.78 is 2.23. The molecule has 0 bridgehead atoms. The molecule has 5 rings (SSSR count). The number of nitrogens with one attached hydrogen (secondary N) is 3. The molecule has 0 aromatic carbocycles. The normalized spacial score (nSPS) is 25.1. The maximum atomic E-state index is 12.5. The van der Waals surface area contributed by atoms with E-state index >= 15 is 0 Å². The quantitative estimate of drug-likeness (QED) is 0.768. The zero-order chi connectivity index (χ0) is 17.6. The Kier molecular flexibility index (Phi) is 3.85. The zero-order valence-electron chi connectivity index (χ0n) is 15.1. The van der Waals surface area contributed by atoms with E-state index in [1.807, 2.05) is 12.3 Å². The summed E-state index contributed by atoms with van der Waals surface area (Å²) in [5.41, 5.74) is 1.61. The number of fused-ring (bicyclic) bond motifs is 4. The number of piperidine rings is 1. The number of anilines is 1. The second kappa shape index (κ2) is 6.23. The lowest BCUT2D eigenvalue weighted by atomic mass is 9.80. The fourth-order valence-corrected chi connectivity index (χ4v) is 4.89. The van der Waals surface area contributed by atoms with Crippen molar-refractivity contribution in [1.29, 1.82) is 0 Å². The Morgan fingerprint density at radius 2 is 2.12 bits per heavy atom. The highest BCUT2D eigenvalue weighted by Crippen LogP contribution is 2.40. The van der Waals surface area contributed by atoms with Crippen molar-refractivity contribution in [2.75, 3.05) is 25.0 Å². The first-order valence-electron chi connectivity index (χ1n) is 9.90. The van der Waals surface area contributed by atoms with Gasteiger partial charge in [0.25, 0.3) is 5.91 Å². The van der Waals surface area contributed by atoms with Crippen LogP contribution in [0.4, 0.5) is 5.95 Å². The Hall–Kier alpha value is -2.15. The first-order chi connectivity index (χ1) is 12.8. The third kappa shape index (κ3) is 2.57. The molecule has 2 aromatic heterocycles. The Bertz CT molecular complexity index is 832. The number of rotatable bonds is 2. The van der Waals surface area contributed by atoms with Crippen molar-refractivity contribution in [1.82, 2.24) is 25.2 Å². The summed E-state index contributed by atoms with van der Waals surface area (Å²) in [7, 11) is 0. The highest BCUT2D eigenvalue weighted by molar-refractivity contribution is 5.99. The molecule has 1 saturated carbocycles. The molecule has 7 nitrogen and oxygen atoms in total. The molecular weight excluding hydrogens is 328 g/mol. The average Bonchev–Trinajstić information content (AvgIpc) is 3.07. The van der Waals surface area contributed by atoms with Gasteiger partial charge in [-0.05, 0) is 38.3 Å². The topological polar surface area (TPSA) is 83.9 Å². The minimum Gasteiger partial charge on any atom is -0.350 e. The van der Waals surface area contributed by atoms with Crippen LogP contribution in [0.5, 0.6) is 0 Å². The van der Waals surface area contributed by atoms with Gasteiger partial charge in [-0.2, -0.15) is 4.98 Å². The van der Waals surface area contributed by atoms with Gasteiger partial charge in [-0.25, -0.2) is 4.98 Å². The largest absolute Gasteiger partial charge is 0.350 e. The van der Waals surface area contributed by atoms with Crippen molar-refractivity contribution in [2.45, 2.75) is 56.5 Å². The molecule has 1 spiro atoms. The van der Waals surface area contributed by atoms with E-state index < -0.39 is 0 Å². The van der Waals surface area contributed by atoms with Crippen LogP contribution in [-0.4, -0.2) is 46.1 Å². The molecule has 138 valence electrons. The molecule has 7 heteroatoms. The third-order valence-electron chi connectivity index (χ3n) is 6.24. The van der Waals surface area contributed by atoms with Gasteiger partial charge in [-0.3, -0.25) is 4.79 Å². The summed E-state index contributed by atoms with van der Waals surface area (Å²) >= 11 is 0. The van der Waals surface area contributed by atoms with E-state index in [-0.39, 0.29) is 11.4 Å². The molecule has 2 fully saturated rings. The van der Waals surface area contributed by atoms with E-state index in [0.717, 1.165) is 49.1 Å². The molecule has 1 atom stereocenters. The molecule has 0 unspecified atom stereocenters. The number of nitrogens with zero attached hydrogens (tertiary/aromatic N) is 3. The van der Waals surface area contributed by atoms with Gasteiger partial charge in [-0.15, -0.1) is 0 Å². The highest BCUT2D eigenvalue weighted by Gasteiger charge is 2.41. The van der Waals surface area contributed by atoms with Gasteiger partial charge in [0.1, 0.15) is 11.3 Å². The molecule has 2 aromatic rings. The van der Waals surface area contributed by atoms with E-state index in [9.17, 15) is 4.79 Å². The Balaban J connectivity index is 1.57. The third-order valence-corrected chi connectivity index (χ3v) is 6.24. The maximum absolute atomic E-state index is 12.5. The molecule has 3 aliphatic rings. The number of hydrogen-bond acceptors (Lipinski definition) is 5. The smallest absolute Gasteiger partial charge is 0.268 e. The van der Waals surface area contributed by atoms with Crippen molar-refractivity contribution in [2.24, 2.45) is 0 Å². The van der Waals surface area contributed by atoms with E-state index in [1.54, 1.807) is 0 Å². The molecule has 1 saturated heterocycles. The predicted octanol–water partition coefficient (Wildman–Crippen LogP) is 2.00. The van der Waals surface area contributed by atoms with Gasteiger partial charge in [0.15, 0.2) is 0 Å². The summed E-state index contributed by atoms with van der Waals surface area (Å²) in [6.07, 6.45) is 10.1. The second-order valence-electron chi connectivity index (χ2n) is 7.99. The average molecular weight is 354 g/mol. The summed E-state index contributed by atoms with van der Waals surface area (Å²) in [6.45, 7) is 2.74. The Morgan fingerprint density at radius 3 is 2.92 bits per heavy atom. The zero-order valence-corrected chi connectivity index (χ0v) is 15.1. The van der Waals surface area contributed by atoms with E-state index in [2.05, 4.69) is 25.5 Å². The van der Waals surface area contributed by atoms with Crippen LogP contribution in [0.2, 0.25) is 0 Å². The van der Waals surface area contributed by atoms with Crippen molar-refractivity contribution in [3.63, 3.8) is 0 Å². The lowest BCUT2D eigenvalue weighted by Gasteiger charge is -2.42. The fraction of sp³-hybridized carbons (Fsp3) is 0.632. The molecule has 2 aliphatic heterocycles. The van der Waals surface area contributed by atoms with Gasteiger partial charge < -0.3 is 20.5 Å². The molecule has 3 N–H and O–H groups in total. The van der Waals surface area contributed by atoms with Gasteiger partial charge in [0, 0.05) is 30.7 Å². The summed E-state index contributed by atoms with van der Waals surface area (Å²) in [6, 6.07) is 2.32. The lowest BCUT2D eigenvalue weighted by Crippen LogP contribution is -2.52. The Labute approximate surface area is 153 Å². The summed E-state index contributed by atoms with van der Waals surface area (Å²) in [5.74, 6) is 0.675. The number of amides is 1. The minimum atomic E-state index is -0.0265. The second-order valence-corrected chi connectivity index (χ2v) is 7.99. The first kappa shape index (κ1) is 16.1. The SMILES string of the molecule is O=C1NCC2(CCCCC2)n2c1cc1cnc(N[C@@H]3CCCNC3)nc12. The molecule has 4 heterocycles. The fourth-order valence-electron chi connectivity index (χ4n) is 4.89. The van der Waals surface area contributed by atoms with Crippen LogP contribution < -0.4 is 16.0 Å². The van der Waals surface area contributed by atoms with Crippen molar-refractivity contribution < 1.29 is 4.79 Å². The maximum Gasteiger partial charge on any atom is 0.268 e. The first-order valence-corrected chi connectivity index (χ1v) is 9.90. The molecule has 26 heavy (non-hydrogen) atoms. The number of aromatic nitrogens is 3. The molecular formula is C19H26N6O. The number of carbonyl (C=O) groups excluding carboxylic acids is 1. The van der Waals surface area contributed by atoms with E-state index in [1.165, 1.54) is 25.7 Å². The van der Waals surface area contributed by atoms with Crippen LogP contribution in [0.1, 0.15) is 55.4 Å². The van der Waals surface area contributed by atoms with Gasteiger partial charge in [0.2, 0.25) is 5.95 Å². The van der Waals surface area contributed by atoms with Crippen LogP contribution >= 0.6 is 0 Å². The van der Waals surface area contributed by atoms with Crippen LogP contribution in [0.3, 0.4) is 0 Å². The molecule has 1 amide bonds. The van der Waals surface area contributed by atoms with Gasteiger partial charge >= 0.3 is 0 Å². The monoisotopic (exact) mass is 354 g/mol. The Morgan fingerprint density at radius 1 is 1.23 bits per heavy atom. The van der Waals surface area contributed by atoms with Crippen molar-refractivity contribution >= 4 is 22.9 Å². The van der Waals surface area contributed by atoms with Gasteiger partial charge in [-0.1, -0.05) is 19.3 Å². The lowest BCUT2D eigenvalue weighted by molar-refractivity contribution is 0.0833. The standard InChI is InChI=1S/C19H26N6O/c26-17-15-9-13-10-21-18(23-14-5-4-8-20-11-14)24-16(13)25(15)19(12-22-17)6-2-1-3-7-19/h9-10,14,20H,1-8,11-12H2,(H,22,26)(H,21,23,24)/t14-/m1/s1. The highest BCUT2D eigenvalue weighted by atomic mass is 16.2. The van der Waals surface area contributed by atoms with Crippen LogP contribution in [0.25, 0.3) is 11.0 Å².